The molecule has 2 saturated heterocycles. The van der Waals surface area contributed by atoms with Gasteiger partial charge in [-0.2, -0.15) is 5.26 Å². The van der Waals surface area contributed by atoms with E-state index >= 15 is 0 Å². The molecule has 8 heteroatoms. The van der Waals surface area contributed by atoms with Crippen molar-refractivity contribution in [1.29, 1.82) is 5.26 Å². The smallest absolute Gasteiger partial charge is 0.221 e. The highest BCUT2D eigenvalue weighted by Crippen LogP contribution is 2.44. The topological polar surface area (TPSA) is 116 Å². The lowest BCUT2D eigenvalue weighted by Crippen LogP contribution is -2.44. The average molecular weight is 516 g/mol. The monoisotopic (exact) mass is 515 g/mol. The van der Waals surface area contributed by atoms with Gasteiger partial charge in [0.15, 0.2) is 0 Å². The average Bonchev–Trinajstić information content (AvgIpc) is 3.26. The fourth-order valence-corrected chi connectivity index (χ4v) is 5.98. The van der Waals surface area contributed by atoms with Crippen LogP contribution >= 0.6 is 11.3 Å². The highest BCUT2D eigenvalue weighted by molar-refractivity contribution is 7.09. The molecule has 2 fully saturated rings. The number of nitriles is 1. The van der Waals surface area contributed by atoms with Gasteiger partial charge < -0.3 is 15.2 Å². The third kappa shape index (κ3) is 6.42. The minimum absolute atomic E-state index is 0.0140. The molecule has 2 aliphatic rings. The molecule has 1 amide bonds. The van der Waals surface area contributed by atoms with E-state index in [-0.39, 0.29) is 41.8 Å². The van der Waals surface area contributed by atoms with Crippen molar-refractivity contribution in [3.8, 4) is 6.07 Å². The van der Waals surface area contributed by atoms with Gasteiger partial charge in [0.05, 0.1) is 46.5 Å². The standard InChI is InChI=1S/C28H41N3O4S/c1-16-9-8-10-28(7)23(35-28)13-22(17(2)11-21-15-36-19(4)30-21)31-24(32)12-20(14-29)27(5,6)26(34)18(3)25(16)33/h11,15-16,18,20,22-23,25,33H,8-10,12-13H2,1-7H3,(H,31,32)/b17-11+/t16-,18+,20+,22-,23-,25-,28+/m0/s1. The molecule has 3 rings (SSSR count). The molecule has 0 unspecified atom stereocenters. The minimum Gasteiger partial charge on any atom is -0.392 e. The third-order valence-electron chi connectivity index (χ3n) is 8.28. The van der Waals surface area contributed by atoms with Crippen LogP contribution in [0.15, 0.2) is 11.0 Å². The number of hydrogen-bond acceptors (Lipinski definition) is 7. The molecule has 3 heterocycles. The predicted molar refractivity (Wildman–Crippen MR) is 141 cm³/mol. The maximum absolute atomic E-state index is 13.4. The quantitative estimate of drug-likeness (QED) is 0.545. The van der Waals surface area contributed by atoms with Crippen molar-refractivity contribution in [3.05, 3.63) is 21.7 Å². The Morgan fingerprint density at radius 3 is 2.64 bits per heavy atom. The van der Waals surface area contributed by atoms with Crippen molar-refractivity contribution in [1.82, 2.24) is 10.3 Å². The number of carbonyl (C=O) groups excluding carboxylic acids is 2. The normalized spacial score (nSPS) is 36.5. The summed E-state index contributed by atoms with van der Waals surface area (Å²) in [5, 5.41) is 26.9. The molecule has 36 heavy (non-hydrogen) atoms. The zero-order valence-corrected chi connectivity index (χ0v) is 23.4. The molecule has 198 valence electrons. The van der Waals surface area contributed by atoms with E-state index in [0.29, 0.717) is 6.42 Å². The first-order chi connectivity index (χ1) is 16.8. The molecule has 0 bridgehead atoms. The highest BCUT2D eigenvalue weighted by atomic mass is 32.1. The number of aliphatic hydroxyl groups excluding tert-OH is 1. The summed E-state index contributed by atoms with van der Waals surface area (Å²) in [6.45, 7) is 13.2. The Bertz CT molecular complexity index is 1040. The van der Waals surface area contributed by atoms with Crippen LogP contribution in [0.2, 0.25) is 0 Å². The molecule has 2 aliphatic heterocycles. The van der Waals surface area contributed by atoms with Crippen molar-refractivity contribution in [2.45, 2.75) is 104 Å². The van der Waals surface area contributed by atoms with Gasteiger partial charge in [0.2, 0.25) is 5.91 Å². The van der Waals surface area contributed by atoms with Crippen molar-refractivity contribution in [2.75, 3.05) is 0 Å². The van der Waals surface area contributed by atoms with E-state index in [0.717, 1.165) is 35.5 Å². The van der Waals surface area contributed by atoms with E-state index in [2.05, 4.69) is 23.3 Å². The van der Waals surface area contributed by atoms with Crippen LogP contribution in [-0.2, 0) is 14.3 Å². The van der Waals surface area contributed by atoms with Crippen molar-refractivity contribution >= 4 is 29.1 Å². The summed E-state index contributed by atoms with van der Waals surface area (Å²) in [4.78, 5) is 31.1. The van der Waals surface area contributed by atoms with Gasteiger partial charge in [-0.25, -0.2) is 4.98 Å². The number of carbonyl (C=O) groups is 2. The number of aromatic nitrogens is 1. The molecule has 0 radical (unpaired) electrons. The summed E-state index contributed by atoms with van der Waals surface area (Å²) in [6, 6.07) is 1.94. The summed E-state index contributed by atoms with van der Waals surface area (Å²) in [7, 11) is 0. The first kappa shape index (κ1) is 28.5. The molecule has 0 saturated carbocycles. The van der Waals surface area contributed by atoms with Gasteiger partial charge in [-0.1, -0.05) is 34.1 Å². The number of Topliss-reactive ketones (excluding diaryl/α,β-unsaturated/α-hetero) is 1. The lowest BCUT2D eigenvalue weighted by atomic mass is 9.69. The fraction of sp³-hybridized carbons (Fsp3) is 0.714. The summed E-state index contributed by atoms with van der Waals surface area (Å²) in [5.41, 5.74) is 0.502. The molecule has 0 aromatic carbocycles. The second-order valence-electron chi connectivity index (χ2n) is 11.6. The van der Waals surface area contributed by atoms with Crippen LogP contribution in [0.3, 0.4) is 0 Å². The number of nitrogens with zero attached hydrogens (tertiary/aromatic N) is 2. The lowest BCUT2D eigenvalue weighted by molar-refractivity contribution is -0.138. The Morgan fingerprint density at radius 1 is 1.33 bits per heavy atom. The van der Waals surface area contributed by atoms with Gasteiger partial charge in [-0.15, -0.1) is 11.3 Å². The van der Waals surface area contributed by atoms with Gasteiger partial charge in [-0.05, 0) is 51.2 Å². The Balaban J connectivity index is 1.89. The molecule has 7 nitrogen and oxygen atoms in total. The van der Waals surface area contributed by atoms with Crippen molar-refractivity contribution in [2.24, 2.45) is 23.2 Å². The van der Waals surface area contributed by atoms with Gasteiger partial charge >= 0.3 is 0 Å². The number of aryl methyl sites for hydroxylation is 1. The van der Waals surface area contributed by atoms with Gasteiger partial charge in [0.25, 0.3) is 0 Å². The van der Waals surface area contributed by atoms with Crippen LogP contribution < -0.4 is 5.32 Å². The molecular weight excluding hydrogens is 474 g/mol. The number of thiazole rings is 1. The zero-order chi connectivity index (χ0) is 26.8. The van der Waals surface area contributed by atoms with Gasteiger partial charge in [-0.3, -0.25) is 9.59 Å². The number of fused-ring (bicyclic) bond motifs is 1. The van der Waals surface area contributed by atoms with E-state index in [1.807, 2.05) is 32.2 Å². The number of ether oxygens (including phenoxy) is 1. The van der Waals surface area contributed by atoms with Gasteiger partial charge in [0.1, 0.15) is 5.78 Å². The second kappa shape index (κ2) is 11.1. The molecule has 0 spiro atoms. The van der Waals surface area contributed by atoms with Crippen LogP contribution in [0.1, 0.15) is 84.3 Å². The number of hydrogen-bond donors (Lipinski definition) is 2. The van der Waals surface area contributed by atoms with E-state index in [4.69, 9.17) is 4.74 Å². The number of amides is 1. The third-order valence-corrected chi connectivity index (χ3v) is 9.07. The van der Waals surface area contributed by atoms with Crippen LogP contribution in [0, 0.1) is 41.4 Å². The maximum atomic E-state index is 13.4. The summed E-state index contributed by atoms with van der Waals surface area (Å²) in [6.07, 6.45) is 4.27. The van der Waals surface area contributed by atoms with E-state index in [9.17, 15) is 20.0 Å². The number of nitrogens with one attached hydrogen (secondary N) is 1. The van der Waals surface area contributed by atoms with E-state index in [1.165, 1.54) is 0 Å². The maximum Gasteiger partial charge on any atom is 0.221 e. The summed E-state index contributed by atoms with van der Waals surface area (Å²) in [5.74, 6) is -1.95. The predicted octanol–water partition coefficient (Wildman–Crippen LogP) is 4.83. The zero-order valence-electron chi connectivity index (χ0n) is 22.6. The van der Waals surface area contributed by atoms with Crippen molar-refractivity contribution < 1.29 is 19.4 Å². The molecule has 1 aromatic rings. The molecule has 7 atom stereocenters. The lowest BCUT2D eigenvalue weighted by Gasteiger charge is -2.34. The summed E-state index contributed by atoms with van der Waals surface area (Å²) < 4.78 is 6.11. The largest absolute Gasteiger partial charge is 0.392 e. The van der Waals surface area contributed by atoms with E-state index < -0.39 is 23.4 Å². The summed E-state index contributed by atoms with van der Waals surface area (Å²) >= 11 is 1.58. The number of ketones is 1. The minimum atomic E-state index is -1.07. The molecule has 0 aliphatic carbocycles. The van der Waals surface area contributed by atoms with Crippen LogP contribution in [0.4, 0.5) is 0 Å². The Labute approximate surface area is 219 Å². The molecule has 1 aromatic heterocycles. The van der Waals surface area contributed by atoms with Crippen LogP contribution in [-0.4, -0.2) is 45.6 Å². The Hall–Kier alpha value is -2.08. The van der Waals surface area contributed by atoms with E-state index in [1.54, 1.807) is 32.1 Å². The number of aliphatic hydroxyl groups is 1. The van der Waals surface area contributed by atoms with Crippen molar-refractivity contribution in [3.63, 3.8) is 0 Å². The van der Waals surface area contributed by atoms with Crippen LogP contribution in [0.5, 0.6) is 0 Å². The fourth-order valence-electron chi connectivity index (χ4n) is 5.41. The SMILES string of the molecule is C/C(=C\c1csc(C)n1)[C@@H]1C[C@@H]2O[C@]2(C)CCC[C@H](C)[C@H](O)[C@@H](C)C(=O)C(C)(C)[C@@H](C#N)CC(=O)N1. The highest BCUT2D eigenvalue weighted by Gasteiger charge is 2.52. The molecular formula is C28H41N3O4S. The number of rotatable bonds is 2. The second-order valence-corrected chi connectivity index (χ2v) is 12.6. The Morgan fingerprint density at radius 2 is 2.03 bits per heavy atom. The first-order valence-electron chi connectivity index (χ1n) is 13.0. The number of epoxide rings is 1. The van der Waals surface area contributed by atoms with Crippen LogP contribution in [0.25, 0.3) is 6.08 Å². The first-order valence-corrected chi connectivity index (χ1v) is 13.9. The molecule has 2 N–H and O–H groups in total. The van der Waals surface area contributed by atoms with Gasteiger partial charge in [0, 0.05) is 29.6 Å². The Kier molecular flexibility index (Phi) is 8.80.